The standard InChI is InChI=1S/C37H44ClN7O5/c1-22(46)18-39-19-26-21-42-32(17-33(26)49-4)36(48)43-30-8-6-7-28(23(30)2)35-34(38)29(11-14-40-35)31-10-9-25(37(44-31)50-5)20-41-27-12-15-45(16-13-27)24(3)47/h6-11,14,17,21-22,27,39,41,46H,12-13,15-16,18-20H2,1-5H3,(H,43,48). The van der Waals surface area contributed by atoms with Crippen molar-refractivity contribution in [1.82, 2.24) is 30.5 Å². The van der Waals surface area contributed by atoms with E-state index in [1.54, 1.807) is 39.4 Å². The number of aromatic nitrogens is 3. The van der Waals surface area contributed by atoms with E-state index >= 15 is 0 Å². The molecule has 1 aliphatic heterocycles. The lowest BCUT2D eigenvalue weighted by molar-refractivity contribution is -0.129. The van der Waals surface area contributed by atoms with Gasteiger partial charge >= 0.3 is 0 Å². The Balaban J connectivity index is 1.32. The highest BCUT2D eigenvalue weighted by Crippen LogP contribution is 2.38. The van der Waals surface area contributed by atoms with Gasteiger partial charge in [-0.1, -0.05) is 29.8 Å². The van der Waals surface area contributed by atoms with Crippen LogP contribution in [0.25, 0.3) is 22.5 Å². The second-order valence-corrected chi connectivity index (χ2v) is 12.7. The number of carbonyl (C=O) groups is 2. The van der Waals surface area contributed by atoms with Gasteiger partial charge in [-0.15, -0.1) is 0 Å². The summed E-state index contributed by atoms with van der Waals surface area (Å²) in [5, 5.41) is 19.6. The molecule has 50 heavy (non-hydrogen) atoms. The summed E-state index contributed by atoms with van der Waals surface area (Å²) in [5.74, 6) is 0.740. The Kier molecular flexibility index (Phi) is 12.4. The molecule has 1 unspecified atom stereocenters. The number of hydrogen-bond acceptors (Lipinski definition) is 10. The van der Waals surface area contributed by atoms with E-state index < -0.39 is 12.0 Å². The van der Waals surface area contributed by atoms with Gasteiger partial charge in [0.1, 0.15) is 11.4 Å². The quantitative estimate of drug-likeness (QED) is 0.150. The van der Waals surface area contributed by atoms with Crippen molar-refractivity contribution in [3.8, 4) is 34.1 Å². The monoisotopic (exact) mass is 701 g/mol. The minimum absolute atomic E-state index is 0.119. The predicted molar refractivity (Wildman–Crippen MR) is 193 cm³/mol. The third-order valence-electron chi connectivity index (χ3n) is 8.81. The van der Waals surface area contributed by atoms with Crippen LogP contribution in [0.3, 0.4) is 0 Å². The van der Waals surface area contributed by atoms with E-state index in [2.05, 4.69) is 25.9 Å². The summed E-state index contributed by atoms with van der Waals surface area (Å²) in [6.07, 6.45) is 4.59. The molecule has 0 aliphatic carbocycles. The third kappa shape index (κ3) is 8.75. The number of rotatable bonds is 13. The fourth-order valence-electron chi connectivity index (χ4n) is 5.95. The smallest absolute Gasteiger partial charge is 0.274 e. The van der Waals surface area contributed by atoms with Gasteiger partial charge in [0, 0.05) is 92.1 Å². The Bertz CT molecular complexity index is 1830. The highest BCUT2D eigenvalue weighted by molar-refractivity contribution is 6.35. The van der Waals surface area contributed by atoms with Gasteiger partial charge in [0.2, 0.25) is 11.8 Å². The lowest BCUT2D eigenvalue weighted by atomic mass is 10.0. The van der Waals surface area contributed by atoms with Crippen molar-refractivity contribution in [2.45, 2.75) is 58.8 Å². The molecule has 1 fully saturated rings. The number of amides is 2. The van der Waals surface area contributed by atoms with E-state index in [9.17, 15) is 14.7 Å². The number of pyridine rings is 3. The van der Waals surface area contributed by atoms with Crippen molar-refractivity contribution < 1.29 is 24.2 Å². The number of aliphatic hydroxyl groups is 1. The Labute approximate surface area is 297 Å². The van der Waals surface area contributed by atoms with Crippen molar-refractivity contribution in [3.63, 3.8) is 0 Å². The highest BCUT2D eigenvalue weighted by Gasteiger charge is 2.22. The summed E-state index contributed by atoms with van der Waals surface area (Å²) in [6.45, 7) is 8.16. The average molecular weight is 702 g/mol. The van der Waals surface area contributed by atoms with Gasteiger partial charge < -0.3 is 35.4 Å². The molecule has 0 radical (unpaired) electrons. The van der Waals surface area contributed by atoms with Crippen LogP contribution in [0.4, 0.5) is 5.69 Å². The molecule has 0 spiro atoms. The first-order chi connectivity index (χ1) is 24.1. The number of methoxy groups -OCH3 is 2. The van der Waals surface area contributed by atoms with Crippen LogP contribution in [-0.4, -0.2) is 82.8 Å². The fourth-order valence-corrected chi connectivity index (χ4v) is 6.26. The first-order valence-corrected chi connectivity index (χ1v) is 17.0. The van der Waals surface area contributed by atoms with Crippen LogP contribution in [0, 0.1) is 6.92 Å². The van der Waals surface area contributed by atoms with E-state index in [-0.39, 0.29) is 11.6 Å². The SMILES string of the molecule is COc1cc(C(=O)Nc2cccc(-c3nccc(-c4ccc(CNC5CCN(C(C)=O)CC5)c(OC)n4)c3Cl)c2C)ncc1CNCC(C)O. The molecule has 264 valence electrons. The molecule has 4 aromatic rings. The van der Waals surface area contributed by atoms with Crippen LogP contribution in [-0.2, 0) is 17.9 Å². The Hall–Kier alpha value is -4.62. The van der Waals surface area contributed by atoms with Gasteiger partial charge in [0.05, 0.1) is 36.7 Å². The van der Waals surface area contributed by atoms with Crippen molar-refractivity contribution >= 4 is 29.1 Å². The molecule has 13 heteroatoms. The van der Waals surface area contributed by atoms with Crippen LogP contribution < -0.4 is 25.4 Å². The third-order valence-corrected chi connectivity index (χ3v) is 9.19. The molecular formula is C37H44ClN7O5. The number of hydrogen-bond donors (Lipinski definition) is 4. The second-order valence-electron chi connectivity index (χ2n) is 12.3. The molecular weight excluding hydrogens is 658 g/mol. The summed E-state index contributed by atoms with van der Waals surface area (Å²) >= 11 is 7.02. The number of aliphatic hydroxyl groups excluding tert-OH is 1. The molecule has 1 aliphatic rings. The summed E-state index contributed by atoms with van der Waals surface area (Å²) in [5.41, 5.74) is 5.89. The minimum atomic E-state index is -0.486. The number of benzene rings is 1. The molecule has 4 heterocycles. The maximum atomic E-state index is 13.3. The molecule has 0 saturated carbocycles. The summed E-state index contributed by atoms with van der Waals surface area (Å²) in [7, 11) is 3.13. The van der Waals surface area contributed by atoms with E-state index in [0.717, 1.165) is 48.2 Å². The van der Waals surface area contributed by atoms with Gasteiger partial charge in [-0.2, -0.15) is 0 Å². The van der Waals surface area contributed by atoms with Crippen molar-refractivity contribution in [3.05, 3.63) is 82.3 Å². The van der Waals surface area contributed by atoms with Crippen molar-refractivity contribution in [2.24, 2.45) is 0 Å². The number of halogens is 1. The molecule has 3 aromatic heterocycles. The molecule has 12 nitrogen and oxygen atoms in total. The van der Waals surface area contributed by atoms with Crippen LogP contribution in [0.5, 0.6) is 11.6 Å². The zero-order valence-corrected chi connectivity index (χ0v) is 29.8. The van der Waals surface area contributed by atoms with Crippen molar-refractivity contribution in [2.75, 3.05) is 39.2 Å². The summed E-state index contributed by atoms with van der Waals surface area (Å²) in [6, 6.07) is 13.2. The Morgan fingerprint density at radius 1 is 1.04 bits per heavy atom. The number of piperidine rings is 1. The average Bonchev–Trinajstić information content (AvgIpc) is 3.12. The predicted octanol–water partition coefficient (Wildman–Crippen LogP) is 5.01. The van der Waals surface area contributed by atoms with E-state index in [1.807, 2.05) is 48.2 Å². The number of ether oxygens (including phenoxy) is 2. The second kappa shape index (κ2) is 16.9. The lowest BCUT2D eigenvalue weighted by Gasteiger charge is -2.31. The Morgan fingerprint density at radius 3 is 2.52 bits per heavy atom. The number of nitrogens with zero attached hydrogens (tertiary/aromatic N) is 4. The maximum absolute atomic E-state index is 13.3. The molecule has 1 saturated heterocycles. The zero-order valence-electron chi connectivity index (χ0n) is 29.0. The van der Waals surface area contributed by atoms with E-state index in [4.69, 9.17) is 26.1 Å². The van der Waals surface area contributed by atoms with Crippen LogP contribution >= 0.6 is 11.6 Å². The molecule has 0 bridgehead atoms. The number of nitrogens with one attached hydrogen (secondary N) is 3. The van der Waals surface area contributed by atoms with E-state index in [0.29, 0.717) is 65.0 Å². The lowest BCUT2D eigenvalue weighted by Crippen LogP contribution is -2.44. The zero-order chi connectivity index (χ0) is 35.8. The number of carbonyl (C=O) groups excluding carboxylic acids is 2. The van der Waals surface area contributed by atoms with Gasteiger partial charge in [0.15, 0.2) is 0 Å². The van der Waals surface area contributed by atoms with Gasteiger partial charge in [-0.25, -0.2) is 4.98 Å². The van der Waals surface area contributed by atoms with Crippen LogP contribution in [0.2, 0.25) is 5.02 Å². The van der Waals surface area contributed by atoms with Crippen molar-refractivity contribution in [1.29, 1.82) is 0 Å². The molecule has 2 amide bonds. The van der Waals surface area contributed by atoms with Gasteiger partial charge in [-0.3, -0.25) is 19.6 Å². The summed E-state index contributed by atoms with van der Waals surface area (Å²) < 4.78 is 11.2. The molecule has 4 N–H and O–H groups in total. The molecule has 1 atom stereocenters. The minimum Gasteiger partial charge on any atom is -0.496 e. The topological polar surface area (TPSA) is 151 Å². The normalized spacial score (nSPS) is 13.9. The number of anilines is 1. The summed E-state index contributed by atoms with van der Waals surface area (Å²) in [4.78, 5) is 40.6. The molecule has 5 rings (SSSR count). The van der Waals surface area contributed by atoms with Crippen LogP contribution in [0.1, 0.15) is 53.9 Å². The van der Waals surface area contributed by atoms with E-state index in [1.165, 1.54) is 7.11 Å². The maximum Gasteiger partial charge on any atom is 0.274 e. The largest absolute Gasteiger partial charge is 0.496 e. The molecule has 1 aromatic carbocycles. The Morgan fingerprint density at radius 2 is 1.82 bits per heavy atom. The fraction of sp³-hybridized carbons (Fsp3) is 0.378. The van der Waals surface area contributed by atoms with Gasteiger partial charge in [0.25, 0.3) is 5.91 Å². The van der Waals surface area contributed by atoms with Gasteiger partial charge in [-0.05, 0) is 50.5 Å². The van der Waals surface area contributed by atoms with Crippen LogP contribution in [0.15, 0.2) is 54.9 Å². The first kappa shape index (κ1) is 36.7. The number of likely N-dealkylation sites (tertiary alicyclic amines) is 1. The highest BCUT2D eigenvalue weighted by atomic mass is 35.5. The first-order valence-electron chi connectivity index (χ1n) is 16.6.